The third kappa shape index (κ3) is 2.92. The number of Topliss-reactive ketones (excluding diaryl/α,β-unsaturated/α-hetero) is 2. The van der Waals surface area contributed by atoms with E-state index in [2.05, 4.69) is 0 Å². The number of carbonyl (C=O) groups is 3. The molecule has 0 aromatic heterocycles. The molecule has 1 heterocycles. The molecule has 0 radical (unpaired) electrons. The fourth-order valence-corrected chi connectivity index (χ4v) is 4.09. The number of ketones is 2. The standard InChI is InChI=1S/C18H20ClNO3/c1-11(21)15-16(12-5-3-2-4-6-12)20(18(23)17(15)22)14-9-7-13(19)8-10-14/h7-10,12,15-16H,2-6H2,1H3/t15?,16-/m1/s1. The Kier molecular flexibility index (Phi) is 4.53. The van der Waals surface area contributed by atoms with Gasteiger partial charge in [-0.3, -0.25) is 14.4 Å². The van der Waals surface area contributed by atoms with Crippen LogP contribution in [0.25, 0.3) is 0 Å². The van der Waals surface area contributed by atoms with Crippen LogP contribution in [0.5, 0.6) is 0 Å². The first kappa shape index (κ1) is 16.2. The Morgan fingerprint density at radius 2 is 1.70 bits per heavy atom. The monoisotopic (exact) mass is 333 g/mol. The highest BCUT2D eigenvalue weighted by molar-refractivity contribution is 6.48. The van der Waals surface area contributed by atoms with Crippen LogP contribution in [-0.2, 0) is 14.4 Å². The lowest BCUT2D eigenvalue weighted by atomic mass is 9.77. The van der Waals surface area contributed by atoms with Crippen molar-refractivity contribution in [3.63, 3.8) is 0 Å². The van der Waals surface area contributed by atoms with Gasteiger partial charge in [-0.25, -0.2) is 0 Å². The molecule has 1 saturated heterocycles. The molecule has 2 aliphatic rings. The number of carbonyl (C=O) groups excluding carboxylic acids is 3. The Bertz CT molecular complexity index is 634. The molecule has 5 heteroatoms. The van der Waals surface area contributed by atoms with Gasteiger partial charge in [0.05, 0.1) is 6.04 Å². The van der Waals surface area contributed by atoms with Gasteiger partial charge in [-0.05, 0) is 49.9 Å². The third-order valence-electron chi connectivity index (χ3n) is 5.03. The zero-order valence-electron chi connectivity index (χ0n) is 13.1. The van der Waals surface area contributed by atoms with Crippen molar-refractivity contribution in [2.45, 2.75) is 45.1 Å². The smallest absolute Gasteiger partial charge is 0.295 e. The second-order valence-corrected chi connectivity index (χ2v) is 6.93. The van der Waals surface area contributed by atoms with Crippen molar-refractivity contribution in [2.75, 3.05) is 4.90 Å². The summed E-state index contributed by atoms with van der Waals surface area (Å²) in [5.74, 6) is -1.98. The fourth-order valence-electron chi connectivity index (χ4n) is 3.97. The molecule has 3 rings (SSSR count). The van der Waals surface area contributed by atoms with Gasteiger partial charge in [-0.2, -0.15) is 0 Å². The maximum atomic E-state index is 12.5. The van der Waals surface area contributed by atoms with Gasteiger partial charge in [0, 0.05) is 10.7 Å². The molecule has 2 atom stereocenters. The molecular weight excluding hydrogens is 314 g/mol. The number of anilines is 1. The van der Waals surface area contributed by atoms with Gasteiger partial charge in [0.2, 0.25) is 5.78 Å². The first-order valence-electron chi connectivity index (χ1n) is 8.14. The molecule has 4 nitrogen and oxygen atoms in total. The normalized spacial score (nSPS) is 25.9. The molecule has 1 aliphatic heterocycles. The van der Waals surface area contributed by atoms with Crippen LogP contribution in [0.4, 0.5) is 5.69 Å². The summed E-state index contributed by atoms with van der Waals surface area (Å²) in [7, 11) is 0. The summed E-state index contributed by atoms with van der Waals surface area (Å²) in [6.45, 7) is 1.41. The summed E-state index contributed by atoms with van der Waals surface area (Å²) in [4.78, 5) is 38.6. The number of hydrogen-bond acceptors (Lipinski definition) is 3. The Morgan fingerprint density at radius 1 is 1.09 bits per heavy atom. The zero-order chi connectivity index (χ0) is 16.6. The van der Waals surface area contributed by atoms with Gasteiger partial charge in [0.25, 0.3) is 5.91 Å². The topological polar surface area (TPSA) is 54.5 Å². The summed E-state index contributed by atoms with van der Waals surface area (Å²) >= 11 is 5.92. The molecule has 1 unspecified atom stereocenters. The van der Waals surface area contributed by atoms with Crippen LogP contribution in [-0.4, -0.2) is 23.5 Å². The van der Waals surface area contributed by atoms with Crippen LogP contribution in [0.1, 0.15) is 39.0 Å². The molecule has 23 heavy (non-hydrogen) atoms. The van der Waals surface area contributed by atoms with E-state index >= 15 is 0 Å². The molecule has 1 amide bonds. The van der Waals surface area contributed by atoms with Crippen molar-refractivity contribution in [3.05, 3.63) is 29.3 Å². The second kappa shape index (κ2) is 6.44. The van der Waals surface area contributed by atoms with E-state index < -0.39 is 17.6 Å². The van der Waals surface area contributed by atoms with E-state index in [1.807, 2.05) is 0 Å². The van der Waals surface area contributed by atoms with Gasteiger partial charge in [0.1, 0.15) is 11.7 Å². The van der Waals surface area contributed by atoms with E-state index in [0.29, 0.717) is 10.7 Å². The number of halogens is 1. The second-order valence-electron chi connectivity index (χ2n) is 6.49. The quantitative estimate of drug-likeness (QED) is 0.629. The van der Waals surface area contributed by atoms with Crippen LogP contribution >= 0.6 is 11.6 Å². The molecule has 1 saturated carbocycles. The summed E-state index contributed by atoms with van der Waals surface area (Å²) in [6, 6.07) is 6.54. The maximum absolute atomic E-state index is 12.5. The predicted molar refractivity (Wildman–Crippen MR) is 88.5 cm³/mol. The highest BCUT2D eigenvalue weighted by Crippen LogP contribution is 2.39. The number of nitrogens with zero attached hydrogens (tertiary/aromatic N) is 1. The Hall–Kier alpha value is -1.68. The average molecular weight is 334 g/mol. The minimum absolute atomic E-state index is 0.198. The average Bonchev–Trinajstić information content (AvgIpc) is 2.81. The van der Waals surface area contributed by atoms with Crippen LogP contribution in [0.3, 0.4) is 0 Å². The lowest BCUT2D eigenvalue weighted by molar-refractivity contribution is -0.138. The van der Waals surface area contributed by atoms with Crippen molar-refractivity contribution < 1.29 is 14.4 Å². The van der Waals surface area contributed by atoms with E-state index in [-0.39, 0.29) is 17.7 Å². The third-order valence-corrected chi connectivity index (χ3v) is 5.28. The lowest BCUT2D eigenvalue weighted by Crippen LogP contribution is -2.43. The number of benzene rings is 1. The number of amides is 1. The minimum Gasteiger partial charge on any atom is -0.301 e. The molecule has 0 N–H and O–H groups in total. The SMILES string of the molecule is CC(=O)C1C(=O)C(=O)N(c2ccc(Cl)cc2)[C@@H]1C1CCCCC1. The summed E-state index contributed by atoms with van der Waals surface area (Å²) in [5, 5.41) is 0.573. The van der Waals surface area contributed by atoms with Gasteiger partial charge in [-0.15, -0.1) is 0 Å². The molecule has 0 spiro atoms. The highest BCUT2D eigenvalue weighted by Gasteiger charge is 2.52. The first-order valence-corrected chi connectivity index (χ1v) is 8.52. The molecule has 1 aromatic carbocycles. The van der Waals surface area contributed by atoms with Gasteiger partial charge in [0.15, 0.2) is 0 Å². The van der Waals surface area contributed by atoms with Crippen molar-refractivity contribution in [1.82, 2.24) is 0 Å². The van der Waals surface area contributed by atoms with E-state index in [1.54, 1.807) is 29.2 Å². The van der Waals surface area contributed by atoms with Crippen LogP contribution in [0, 0.1) is 11.8 Å². The molecule has 122 valence electrons. The maximum Gasteiger partial charge on any atom is 0.295 e. The predicted octanol–water partition coefficient (Wildman–Crippen LogP) is 3.41. The van der Waals surface area contributed by atoms with E-state index in [4.69, 9.17) is 11.6 Å². The summed E-state index contributed by atoms with van der Waals surface area (Å²) in [6.07, 6.45) is 5.26. The van der Waals surface area contributed by atoms with Gasteiger partial charge < -0.3 is 4.90 Å². The summed E-state index contributed by atoms with van der Waals surface area (Å²) in [5.41, 5.74) is 0.645. The molecule has 0 bridgehead atoms. The van der Waals surface area contributed by atoms with Gasteiger partial charge in [-0.1, -0.05) is 30.9 Å². The Labute approximate surface area is 140 Å². The van der Waals surface area contributed by atoms with E-state index in [9.17, 15) is 14.4 Å². The van der Waals surface area contributed by atoms with Crippen LogP contribution in [0.2, 0.25) is 5.02 Å². The summed E-state index contributed by atoms with van der Waals surface area (Å²) < 4.78 is 0. The number of rotatable bonds is 3. The molecule has 2 fully saturated rings. The Morgan fingerprint density at radius 3 is 2.26 bits per heavy atom. The highest BCUT2D eigenvalue weighted by atomic mass is 35.5. The Balaban J connectivity index is 2.02. The van der Waals surface area contributed by atoms with Crippen molar-refractivity contribution in [2.24, 2.45) is 11.8 Å². The van der Waals surface area contributed by atoms with Gasteiger partial charge >= 0.3 is 0 Å². The van der Waals surface area contributed by atoms with E-state index in [1.165, 1.54) is 13.3 Å². The van der Waals surface area contributed by atoms with E-state index in [0.717, 1.165) is 25.7 Å². The lowest BCUT2D eigenvalue weighted by Gasteiger charge is -2.35. The number of hydrogen-bond donors (Lipinski definition) is 0. The van der Waals surface area contributed by atoms with Crippen LogP contribution < -0.4 is 4.90 Å². The van der Waals surface area contributed by atoms with Crippen LogP contribution in [0.15, 0.2) is 24.3 Å². The molecular formula is C18H20ClNO3. The van der Waals surface area contributed by atoms with Crippen molar-refractivity contribution in [1.29, 1.82) is 0 Å². The van der Waals surface area contributed by atoms with Crippen molar-refractivity contribution >= 4 is 34.8 Å². The first-order chi connectivity index (χ1) is 11.0. The molecule has 1 aromatic rings. The largest absolute Gasteiger partial charge is 0.301 e. The zero-order valence-corrected chi connectivity index (χ0v) is 13.9. The molecule has 1 aliphatic carbocycles. The fraction of sp³-hybridized carbons (Fsp3) is 0.500. The minimum atomic E-state index is -0.832. The van der Waals surface area contributed by atoms with Crippen molar-refractivity contribution in [3.8, 4) is 0 Å².